The summed E-state index contributed by atoms with van der Waals surface area (Å²) in [6.45, 7) is 7.67. The Bertz CT molecular complexity index is 672. The van der Waals surface area contributed by atoms with E-state index in [1.54, 1.807) is 0 Å². The average molecular weight is 263 g/mol. The third kappa shape index (κ3) is 2.30. The van der Waals surface area contributed by atoms with E-state index in [0.29, 0.717) is 0 Å². The molecule has 3 aromatic carbocycles. The van der Waals surface area contributed by atoms with Crippen molar-refractivity contribution in [2.45, 2.75) is 20.4 Å². The molecule has 0 fully saturated rings. The van der Waals surface area contributed by atoms with E-state index in [-0.39, 0.29) is 0 Å². The van der Waals surface area contributed by atoms with Gasteiger partial charge in [-0.2, -0.15) is 0 Å². The molecular weight excluding hydrogens is 242 g/mol. The molecule has 0 spiro atoms. The molecule has 0 N–H and O–H groups in total. The van der Waals surface area contributed by atoms with Gasteiger partial charge in [0.2, 0.25) is 0 Å². The number of hydrogen-bond acceptors (Lipinski definition) is 1. The molecule has 0 radical (unpaired) electrons. The maximum atomic E-state index is 2.48. The van der Waals surface area contributed by atoms with Crippen LogP contribution in [0.5, 0.6) is 0 Å². The number of fused-ring (bicyclic) bond motifs is 2. The third-order valence-electron chi connectivity index (χ3n) is 4.16. The first kappa shape index (κ1) is 13.1. The first-order valence-electron chi connectivity index (χ1n) is 7.45. The summed E-state index contributed by atoms with van der Waals surface area (Å²) in [6.07, 6.45) is 0. The van der Waals surface area contributed by atoms with Crippen molar-refractivity contribution in [3.8, 4) is 0 Å². The van der Waals surface area contributed by atoms with E-state index >= 15 is 0 Å². The smallest absolute Gasteiger partial charge is 0.0245 e. The second-order valence-electron chi connectivity index (χ2n) is 5.26. The number of benzene rings is 3. The molecule has 3 rings (SSSR count). The lowest BCUT2D eigenvalue weighted by Crippen LogP contribution is -2.22. The fraction of sp³-hybridized carbons (Fsp3) is 0.263. The fourth-order valence-electron chi connectivity index (χ4n) is 2.95. The summed E-state index contributed by atoms with van der Waals surface area (Å²) in [5, 5.41) is 5.46. The van der Waals surface area contributed by atoms with Crippen molar-refractivity contribution in [3.05, 3.63) is 60.2 Å². The minimum absolute atomic E-state index is 1.02. The van der Waals surface area contributed by atoms with Crippen molar-refractivity contribution >= 4 is 21.5 Å². The van der Waals surface area contributed by atoms with Crippen LogP contribution in [0.3, 0.4) is 0 Å². The Morgan fingerprint density at radius 1 is 0.750 bits per heavy atom. The van der Waals surface area contributed by atoms with Crippen LogP contribution in [0, 0.1) is 0 Å². The molecule has 0 aliphatic carbocycles. The van der Waals surface area contributed by atoms with Gasteiger partial charge in [-0.15, -0.1) is 0 Å². The highest BCUT2D eigenvalue weighted by Crippen LogP contribution is 2.29. The molecule has 102 valence electrons. The van der Waals surface area contributed by atoms with E-state index in [9.17, 15) is 0 Å². The summed E-state index contributed by atoms with van der Waals surface area (Å²) in [5.41, 5.74) is 1.46. The maximum Gasteiger partial charge on any atom is 0.0245 e. The zero-order valence-electron chi connectivity index (χ0n) is 12.3. The minimum atomic E-state index is 1.02. The number of rotatable bonds is 4. The van der Waals surface area contributed by atoms with E-state index in [4.69, 9.17) is 0 Å². The van der Waals surface area contributed by atoms with E-state index in [0.717, 1.165) is 19.6 Å². The topological polar surface area (TPSA) is 3.24 Å². The molecule has 0 atom stereocenters. The Hall–Kier alpha value is -1.86. The Morgan fingerprint density at radius 2 is 1.25 bits per heavy atom. The number of nitrogens with zero attached hydrogens (tertiary/aromatic N) is 1. The molecule has 1 nitrogen and oxygen atoms in total. The highest BCUT2D eigenvalue weighted by atomic mass is 15.1. The van der Waals surface area contributed by atoms with Gasteiger partial charge in [0.05, 0.1) is 0 Å². The van der Waals surface area contributed by atoms with Crippen LogP contribution in [0.25, 0.3) is 21.5 Å². The zero-order chi connectivity index (χ0) is 13.9. The van der Waals surface area contributed by atoms with Crippen LogP contribution in [-0.4, -0.2) is 18.0 Å². The Kier molecular flexibility index (Phi) is 3.70. The lowest BCUT2D eigenvalue weighted by atomic mass is 9.96. The fourth-order valence-corrected chi connectivity index (χ4v) is 2.95. The van der Waals surface area contributed by atoms with Crippen LogP contribution in [0.1, 0.15) is 19.4 Å². The monoisotopic (exact) mass is 263 g/mol. The van der Waals surface area contributed by atoms with Crippen LogP contribution >= 0.6 is 0 Å². The predicted molar refractivity (Wildman–Crippen MR) is 88.1 cm³/mol. The molecule has 0 amide bonds. The molecule has 0 aromatic heterocycles. The Balaban J connectivity index is 2.27. The van der Waals surface area contributed by atoms with Crippen LogP contribution in [-0.2, 0) is 6.54 Å². The van der Waals surface area contributed by atoms with Gasteiger partial charge in [-0.3, -0.25) is 4.90 Å². The summed E-state index contributed by atoms with van der Waals surface area (Å²) in [7, 11) is 0. The van der Waals surface area contributed by atoms with Crippen LogP contribution in [0.4, 0.5) is 0 Å². The van der Waals surface area contributed by atoms with Crippen molar-refractivity contribution < 1.29 is 0 Å². The third-order valence-corrected chi connectivity index (χ3v) is 4.16. The van der Waals surface area contributed by atoms with Gasteiger partial charge in [0.1, 0.15) is 0 Å². The minimum Gasteiger partial charge on any atom is -0.300 e. The lowest BCUT2D eigenvalue weighted by molar-refractivity contribution is 0.298. The van der Waals surface area contributed by atoms with E-state index in [2.05, 4.69) is 73.3 Å². The van der Waals surface area contributed by atoms with Gasteiger partial charge in [0.15, 0.2) is 0 Å². The van der Waals surface area contributed by atoms with Gasteiger partial charge in [-0.1, -0.05) is 62.4 Å². The van der Waals surface area contributed by atoms with Crippen molar-refractivity contribution in [2.24, 2.45) is 0 Å². The summed E-state index contributed by atoms with van der Waals surface area (Å²) in [5.74, 6) is 0. The molecular formula is C19H21N. The highest BCUT2D eigenvalue weighted by Gasteiger charge is 2.09. The van der Waals surface area contributed by atoms with Crippen molar-refractivity contribution in [2.75, 3.05) is 13.1 Å². The van der Waals surface area contributed by atoms with E-state index in [1.165, 1.54) is 27.1 Å². The second kappa shape index (κ2) is 5.64. The molecule has 0 saturated carbocycles. The number of hydrogen-bond donors (Lipinski definition) is 0. The standard InChI is InChI=1S/C19H21N/c1-3-20(4-2)14-19-17-11-7-5-9-15(17)13-16-10-6-8-12-18(16)19/h5-13H,3-4,14H2,1-2H3. The summed E-state index contributed by atoms with van der Waals surface area (Å²) >= 11 is 0. The van der Waals surface area contributed by atoms with Crippen molar-refractivity contribution in [1.29, 1.82) is 0 Å². The predicted octanol–water partition coefficient (Wildman–Crippen LogP) is 4.83. The van der Waals surface area contributed by atoms with Gasteiger partial charge < -0.3 is 0 Å². The molecule has 0 unspecified atom stereocenters. The Morgan fingerprint density at radius 3 is 1.75 bits per heavy atom. The van der Waals surface area contributed by atoms with Crippen molar-refractivity contribution in [3.63, 3.8) is 0 Å². The first-order valence-corrected chi connectivity index (χ1v) is 7.45. The van der Waals surface area contributed by atoms with Gasteiger partial charge in [0.25, 0.3) is 0 Å². The molecule has 0 aliphatic heterocycles. The first-order chi connectivity index (χ1) is 9.83. The molecule has 3 aromatic rings. The highest BCUT2D eigenvalue weighted by molar-refractivity contribution is 6.02. The van der Waals surface area contributed by atoms with Gasteiger partial charge in [-0.05, 0) is 46.3 Å². The molecule has 0 heterocycles. The van der Waals surface area contributed by atoms with Crippen LogP contribution in [0.15, 0.2) is 54.6 Å². The molecule has 20 heavy (non-hydrogen) atoms. The molecule has 0 saturated heterocycles. The zero-order valence-corrected chi connectivity index (χ0v) is 12.3. The van der Waals surface area contributed by atoms with Gasteiger partial charge in [0, 0.05) is 6.54 Å². The SMILES string of the molecule is CCN(CC)Cc1c2ccccc2cc2ccccc12. The van der Waals surface area contributed by atoms with Gasteiger partial charge >= 0.3 is 0 Å². The summed E-state index contributed by atoms with van der Waals surface area (Å²) in [4.78, 5) is 2.48. The van der Waals surface area contributed by atoms with Gasteiger partial charge in [-0.25, -0.2) is 0 Å². The molecule has 0 aliphatic rings. The van der Waals surface area contributed by atoms with Crippen LogP contribution < -0.4 is 0 Å². The average Bonchev–Trinajstić information content (AvgIpc) is 2.51. The summed E-state index contributed by atoms with van der Waals surface area (Å²) in [6, 6.07) is 19.8. The second-order valence-corrected chi connectivity index (χ2v) is 5.26. The van der Waals surface area contributed by atoms with E-state index in [1.807, 2.05) is 0 Å². The van der Waals surface area contributed by atoms with Crippen molar-refractivity contribution in [1.82, 2.24) is 4.90 Å². The maximum absolute atomic E-state index is 2.48. The lowest BCUT2D eigenvalue weighted by Gasteiger charge is -2.21. The molecule has 0 bridgehead atoms. The Labute approximate surface area is 120 Å². The molecule has 1 heteroatoms. The quantitative estimate of drug-likeness (QED) is 0.609. The normalized spacial score (nSPS) is 11.6. The summed E-state index contributed by atoms with van der Waals surface area (Å²) < 4.78 is 0. The van der Waals surface area contributed by atoms with E-state index < -0.39 is 0 Å². The van der Waals surface area contributed by atoms with Crippen LogP contribution in [0.2, 0.25) is 0 Å². The largest absolute Gasteiger partial charge is 0.300 e.